The van der Waals surface area contributed by atoms with Gasteiger partial charge in [-0.3, -0.25) is 4.72 Å². The van der Waals surface area contributed by atoms with Crippen LogP contribution in [0.25, 0.3) is 0 Å². The molecule has 0 bridgehead atoms. The van der Waals surface area contributed by atoms with Gasteiger partial charge in [-0.05, 0) is 84.0 Å². The van der Waals surface area contributed by atoms with Crippen LogP contribution in [0.3, 0.4) is 0 Å². The summed E-state index contributed by atoms with van der Waals surface area (Å²) in [6, 6.07) is 12.4. The molecule has 3 nitrogen and oxygen atoms in total. The zero-order chi connectivity index (χ0) is 14.0. The Bertz CT molecular complexity index is 674. The molecule has 0 fully saturated rings. The van der Waals surface area contributed by atoms with Gasteiger partial charge in [0.2, 0.25) is 0 Å². The van der Waals surface area contributed by atoms with E-state index in [4.69, 9.17) is 0 Å². The SMILES string of the molecule is Cc1cc(C)cc(NS(=O)(=O)c2ccc(I)cc2)c1. The van der Waals surface area contributed by atoms with Crippen LogP contribution in [-0.4, -0.2) is 8.42 Å². The number of sulfonamides is 1. The van der Waals surface area contributed by atoms with Gasteiger partial charge in [0.1, 0.15) is 0 Å². The van der Waals surface area contributed by atoms with Gasteiger partial charge in [-0.1, -0.05) is 6.07 Å². The van der Waals surface area contributed by atoms with Gasteiger partial charge in [-0.15, -0.1) is 0 Å². The minimum absolute atomic E-state index is 0.270. The molecule has 100 valence electrons. The molecular weight excluding hydrogens is 373 g/mol. The number of rotatable bonds is 3. The Kier molecular flexibility index (Phi) is 4.15. The maximum atomic E-state index is 12.2. The van der Waals surface area contributed by atoms with E-state index in [0.29, 0.717) is 5.69 Å². The normalized spacial score (nSPS) is 11.3. The summed E-state index contributed by atoms with van der Waals surface area (Å²) in [5.41, 5.74) is 2.65. The zero-order valence-electron chi connectivity index (χ0n) is 10.6. The Balaban J connectivity index is 2.33. The van der Waals surface area contributed by atoms with Crippen molar-refractivity contribution in [1.29, 1.82) is 0 Å². The molecule has 0 aliphatic carbocycles. The number of hydrogen-bond acceptors (Lipinski definition) is 2. The molecule has 5 heteroatoms. The summed E-state index contributed by atoms with van der Waals surface area (Å²) in [6.45, 7) is 3.88. The second-order valence-electron chi connectivity index (χ2n) is 4.44. The van der Waals surface area contributed by atoms with Gasteiger partial charge >= 0.3 is 0 Å². The quantitative estimate of drug-likeness (QED) is 0.817. The third-order valence-corrected chi connectivity index (χ3v) is 4.71. The Morgan fingerprint density at radius 2 is 1.47 bits per heavy atom. The van der Waals surface area contributed by atoms with E-state index in [1.165, 1.54) is 0 Å². The molecular formula is C14H14INO2S. The molecule has 2 aromatic rings. The molecule has 0 aromatic heterocycles. The molecule has 0 aliphatic rings. The smallest absolute Gasteiger partial charge is 0.261 e. The molecule has 0 heterocycles. The van der Waals surface area contributed by atoms with E-state index in [2.05, 4.69) is 27.3 Å². The van der Waals surface area contributed by atoms with Crippen molar-refractivity contribution in [1.82, 2.24) is 0 Å². The molecule has 0 atom stereocenters. The molecule has 0 aliphatic heterocycles. The first-order valence-corrected chi connectivity index (χ1v) is 8.30. The fourth-order valence-electron chi connectivity index (χ4n) is 1.86. The van der Waals surface area contributed by atoms with Crippen LogP contribution >= 0.6 is 22.6 Å². The summed E-state index contributed by atoms with van der Waals surface area (Å²) in [5.74, 6) is 0. The lowest BCUT2D eigenvalue weighted by Crippen LogP contribution is -2.13. The highest BCUT2D eigenvalue weighted by Gasteiger charge is 2.14. The van der Waals surface area contributed by atoms with Gasteiger partial charge in [0.25, 0.3) is 10.0 Å². The van der Waals surface area contributed by atoms with E-state index in [-0.39, 0.29) is 4.90 Å². The third-order valence-electron chi connectivity index (χ3n) is 2.60. The first kappa shape index (κ1) is 14.3. The Morgan fingerprint density at radius 1 is 0.947 bits per heavy atom. The molecule has 0 radical (unpaired) electrons. The van der Waals surface area contributed by atoms with E-state index in [9.17, 15) is 8.42 Å². The molecule has 0 amide bonds. The summed E-state index contributed by atoms with van der Waals surface area (Å²) >= 11 is 2.14. The van der Waals surface area contributed by atoms with Crippen molar-refractivity contribution >= 4 is 38.3 Å². The number of aryl methyl sites for hydroxylation is 2. The van der Waals surface area contributed by atoms with E-state index < -0.39 is 10.0 Å². The predicted octanol–water partition coefficient (Wildman–Crippen LogP) is 3.71. The minimum Gasteiger partial charge on any atom is -0.280 e. The van der Waals surface area contributed by atoms with Gasteiger partial charge in [0, 0.05) is 9.26 Å². The Hall–Kier alpha value is -1.08. The maximum absolute atomic E-state index is 12.2. The molecule has 1 N–H and O–H groups in total. The summed E-state index contributed by atoms with van der Waals surface area (Å²) < 4.78 is 28.1. The van der Waals surface area contributed by atoms with E-state index in [0.717, 1.165) is 14.7 Å². The molecule has 0 saturated heterocycles. The van der Waals surface area contributed by atoms with Crippen molar-refractivity contribution in [2.75, 3.05) is 4.72 Å². The molecule has 0 unspecified atom stereocenters. The molecule has 0 saturated carbocycles. The summed E-state index contributed by atoms with van der Waals surface area (Å²) in [4.78, 5) is 0.270. The highest BCUT2D eigenvalue weighted by molar-refractivity contribution is 14.1. The Labute approximate surface area is 127 Å². The van der Waals surface area contributed by atoms with E-state index >= 15 is 0 Å². The van der Waals surface area contributed by atoms with Crippen LogP contribution in [0, 0.1) is 17.4 Å². The summed E-state index contributed by atoms with van der Waals surface area (Å²) in [5, 5.41) is 0. The van der Waals surface area contributed by atoms with Gasteiger partial charge in [-0.25, -0.2) is 8.42 Å². The van der Waals surface area contributed by atoms with Crippen LogP contribution in [-0.2, 0) is 10.0 Å². The van der Waals surface area contributed by atoms with Crippen LogP contribution in [0.15, 0.2) is 47.4 Å². The van der Waals surface area contributed by atoms with Gasteiger partial charge < -0.3 is 0 Å². The van der Waals surface area contributed by atoms with Crippen LogP contribution < -0.4 is 4.72 Å². The first-order chi connectivity index (χ1) is 8.87. The van der Waals surface area contributed by atoms with Gasteiger partial charge in [-0.2, -0.15) is 0 Å². The van der Waals surface area contributed by atoms with Crippen molar-refractivity contribution in [2.24, 2.45) is 0 Å². The van der Waals surface area contributed by atoms with Crippen molar-refractivity contribution < 1.29 is 8.42 Å². The van der Waals surface area contributed by atoms with Crippen LogP contribution in [0.4, 0.5) is 5.69 Å². The van der Waals surface area contributed by atoms with Crippen LogP contribution in [0.5, 0.6) is 0 Å². The van der Waals surface area contributed by atoms with Crippen molar-refractivity contribution in [3.63, 3.8) is 0 Å². The second kappa shape index (κ2) is 5.50. The van der Waals surface area contributed by atoms with Crippen molar-refractivity contribution in [3.05, 3.63) is 57.2 Å². The average Bonchev–Trinajstić information content (AvgIpc) is 2.27. The lowest BCUT2D eigenvalue weighted by Gasteiger charge is -2.09. The topological polar surface area (TPSA) is 46.2 Å². The number of benzene rings is 2. The molecule has 19 heavy (non-hydrogen) atoms. The first-order valence-electron chi connectivity index (χ1n) is 5.73. The minimum atomic E-state index is -3.52. The predicted molar refractivity (Wildman–Crippen MR) is 85.9 cm³/mol. The fraction of sp³-hybridized carbons (Fsp3) is 0.143. The molecule has 2 aromatic carbocycles. The van der Waals surface area contributed by atoms with Gasteiger partial charge in [0.15, 0.2) is 0 Å². The fourth-order valence-corrected chi connectivity index (χ4v) is 3.26. The molecule has 2 rings (SSSR count). The highest BCUT2D eigenvalue weighted by Crippen LogP contribution is 2.19. The second-order valence-corrected chi connectivity index (χ2v) is 7.36. The summed E-state index contributed by atoms with van der Waals surface area (Å²) in [7, 11) is -3.52. The third kappa shape index (κ3) is 3.70. The largest absolute Gasteiger partial charge is 0.280 e. The number of hydrogen-bond donors (Lipinski definition) is 1. The lowest BCUT2D eigenvalue weighted by atomic mass is 10.1. The van der Waals surface area contributed by atoms with Crippen LogP contribution in [0.2, 0.25) is 0 Å². The standard InChI is InChI=1S/C14H14INO2S/c1-10-7-11(2)9-13(8-10)16-19(17,18)14-5-3-12(15)4-6-14/h3-9,16H,1-2H3. The molecule has 0 spiro atoms. The highest BCUT2D eigenvalue weighted by atomic mass is 127. The van der Waals surface area contributed by atoms with Crippen molar-refractivity contribution in [3.8, 4) is 0 Å². The monoisotopic (exact) mass is 387 g/mol. The van der Waals surface area contributed by atoms with Crippen LogP contribution in [0.1, 0.15) is 11.1 Å². The van der Waals surface area contributed by atoms with E-state index in [1.54, 1.807) is 24.3 Å². The average molecular weight is 387 g/mol. The summed E-state index contributed by atoms with van der Waals surface area (Å²) in [6.07, 6.45) is 0. The van der Waals surface area contributed by atoms with Gasteiger partial charge in [0.05, 0.1) is 4.90 Å². The lowest BCUT2D eigenvalue weighted by molar-refractivity contribution is 0.601. The number of nitrogens with one attached hydrogen (secondary N) is 1. The zero-order valence-corrected chi connectivity index (χ0v) is 13.6. The Morgan fingerprint density at radius 3 is 2.00 bits per heavy atom. The number of anilines is 1. The maximum Gasteiger partial charge on any atom is 0.261 e. The van der Waals surface area contributed by atoms with Crippen molar-refractivity contribution in [2.45, 2.75) is 18.7 Å². The van der Waals surface area contributed by atoms with E-state index in [1.807, 2.05) is 32.0 Å². The number of halogens is 1.